The number of aromatic nitrogens is 5. The summed E-state index contributed by atoms with van der Waals surface area (Å²) in [6, 6.07) is 10.2. The molecule has 3 amide bonds. The van der Waals surface area contributed by atoms with Gasteiger partial charge < -0.3 is 30.1 Å². The molecule has 1 atom stereocenters. The zero-order valence-corrected chi connectivity index (χ0v) is 34.1. The fraction of sp³-hybridized carbons (Fsp3) is 0.419. The molecule has 10 rings (SSSR count). The van der Waals surface area contributed by atoms with Crippen molar-refractivity contribution < 1.29 is 23.5 Å². The molecular formula is C43H47FN12O5. The van der Waals surface area contributed by atoms with Crippen LogP contribution in [0.3, 0.4) is 0 Å². The number of benzene rings is 2. The molecule has 5 aromatic rings. The number of ether oxygens (including phenoxy) is 1. The summed E-state index contributed by atoms with van der Waals surface area (Å²) < 4.78 is 24.2. The predicted octanol–water partition coefficient (Wildman–Crippen LogP) is 2.64. The van der Waals surface area contributed by atoms with Crippen molar-refractivity contribution in [3.63, 3.8) is 0 Å². The van der Waals surface area contributed by atoms with Crippen LogP contribution in [0, 0.1) is 12.7 Å². The minimum Gasteiger partial charge on any atom is -0.474 e. The Morgan fingerprint density at radius 1 is 0.967 bits per heavy atom. The number of hydrogen-bond donors (Lipinski definition) is 3. The lowest BCUT2D eigenvalue weighted by Crippen LogP contribution is -2.63. The minimum atomic E-state index is -0.722. The molecule has 18 heteroatoms. The second-order valence-corrected chi connectivity index (χ2v) is 16.5. The van der Waals surface area contributed by atoms with E-state index in [0.717, 1.165) is 85.1 Å². The quantitative estimate of drug-likeness (QED) is 0.195. The first-order valence-electron chi connectivity index (χ1n) is 20.9. The van der Waals surface area contributed by atoms with Crippen molar-refractivity contribution in [2.75, 3.05) is 79.4 Å². The van der Waals surface area contributed by atoms with Crippen LogP contribution in [-0.2, 0) is 40.8 Å². The number of imidazole rings is 1. The van der Waals surface area contributed by atoms with Gasteiger partial charge in [0, 0.05) is 95.0 Å². The number of carbonyl (C=O) groups is 3. The smallest absolute Gasteiger partial charge is 0.329 e. The van der Waals surface area contributed by atoms with E-state index in [-0.39, 0.29) is 30.3 Å². The molecule has 0 spiro atoms. The van der Waals surface area contributed by atoms with Gasteiger partial charge in [-0.3, -0.25) is 33.7 Å². The first-order valence-corrected chi connectivity index (χ1v) is 20.9. The molecule has 0 radical (unpaired) electrons. The van der Waals surface area contributed by atoms with Crippen molar-refractivity contribution in [2.45, 2.75) is 51.2 Å². The number of anilines is 5. The number of piperidine rings is 1. The fourth-order valence-electron chi connectivity index (χ4n) is 9.28. The molecule has 3 aromatic heterocycles. The summed E-state index contributed by atoms with van der Waals surface area (Å²) in [5, 5.41) is 8.91. The average molecular weight is 831 g/mol. The van der Waals surface area contributed by atoms with E-state index >= 15 is 4.39 Å². The summed E-state index contributed by atoms with van der Waals surface area (Å²) in [7, 11) is 1.70. The van der Waals surface area contributed by atoms with Crippen molar-refractivity contribution >= 4 is 57.5 Å². The molecule has 2 aromatic carbocycles. The molecule has 1 unspecified atom stereocenters. The third-order valence-electron chi connectivity index (χ3n) is 12.9. The molecule has 5 aliphatic heterocycles. The minimum absolute atomic E-state index is 0.0244. The second kappa shape index (κ2) is 15.5. The number of nitrogens with zero attached hydrogens (tertiary/aromatic N) is 9. The zero-order valence-electron chi connectivity index (χ0n) is 34.1. The van der Waals surface area contributed by atoms with E-state index in [9.17, 15) is 19.2 Å². The predicted molar refractivity (Wildman–Crippen MR) is 226 cm³/mol. The van der Waals surface area contributed by atoms with Crippen molar-refractivity contribution in [1.82, 2.24) is 39.2 Å². The summed E-state index contributed by atoms with van der Waals surface area (Å²) in [6.07, 6.45) is 4.94. The standard InChI is InChI=1S/C43H47FN12O5/c1-25-36(21-46-41-39(25)45-10-16-61-41)54-11-9-27-20-47-42(49-32(27)24-54)48-28-4-3-26(31(44)18-28)17-38(58)53-14-12-52(13-15-53)30-22-55(23-30)29-5-6-33-35(19-29)51(2)43(60)56(33)34-7-8-37(57)50-40(34)59/h3-6,18-21,30,34,45H,7-17,22-24H2,1-2H3,(H,47,48,49)(H,50,57,59). The van der Waals surface area contributed by atoms with Crippen LogP contribution >= 0.6 is 0 Å². The van der Waals surface area contributed by atoms with E-state index in [4.69, 9.17) is 9.72 Å². The number of aryl methyl sites for hydroxylation is 1. The summed E-state index contributed by atoms with van der Waals surface area (Å²) in [5.74, 6) is -0.332. The maximum atomic E-state index is 15.5. The van der Waals surface area contributed by atoms with Crippen LogP contribution in [0.5, 0.6) is 5.88 Å². The van der Waals surface area contributed by atoms with Gasteiger partial charge in [-0.1, -0.05) is 6.07 Å². The van der Waals surface area contributed by atoms with Gasteiger partial charge in [-0.25, -0.2) is 24.1 Å². The molecule has 3 fully saturated rings. The number of hydrogen-bond acceptors (Lipinski definition) is 13. The Labute approximate surface area is 350 Å². The van der Waals surface area contributed by atoms with E-state index in [2.05, 4.69) is 47.5 Å². The molecule has 0 aliphatic carbocycles. The largest absolute Gasteiger partial charge is 0.474 e. The summed E-state index contributed by atoms with van der Waals surface area (Å²) in [5.41, 5.74) is 7.94. The summed E-state index contributed by atoms with van der Waals surface area (Å²) >= 11 is 0. The lowest BCUT2D eigenvalue weighted by atomic mass is 10.0. The molecule has 5 aliphatic rings. The Morgan fingerprint density at radius 2 is 1.80 bits per heavy atom. The lowest BCUT2D eigenvalue weighted by Gasteiger charge is -2.49. The number of rotatable bonds is 8. The van der Waals surface area contributed by atoms with Gasteiger partial charge in [0.2, 0.25) is 29.5 Å². The molecule has 3 N–H and O–H groups in total. The highest BCUT2D eigenvalue weighted by Gasteiger charge is 2.36. The van der Waals surface area contributed by atoms with Gasteiger partial charge in [-0.15, -0.1) is 0 Å². The highest BCUT2D eigenvalue weighted by atomic mass is 19.1. The third-order valence-corrected chi connectivity index (χ3v) is 12.9. The van der Waals surface area contributed by atoms with Crippen molar-refractivity contribution in [2.24, 2.45) is 7.05 Å². The monoisotopic (exact) mass is 830 g/mol. The van der Waals surface area contributed by atoms with Crippen LogP contribution in [0.2, 0.25) is 0 Å². The van der Waals surface area contributed by atoms with Gasteiger partial charge in [-0.05, 0) is 61.2 Å². The summed E-state index contributed by atoms with van der Waals surface area (Å²) in [6.45, 7) is 9.02. The fourth-order valence-corrected chi connectivity index (χ4v) is 9.28. The van der Waals surface area contributed by atoms with E-state index in [1.165, 1.54) is 10.6 Å². The number of fused-ring (bicyclic) bond motifs is 3. The Bertz CT molecular complexity index is 2650. The molecule has 3 saturated heterocycles. The van der Waals surface area contributed by atoms with Crippen LogP contribution in [0.4, 0.5) is 33.1 Å². The van der Waals surface area contributed by atoms with Gasteiger partial charge in [-0.2, -0.15) is 0 Å². The average Bonchev–Trinajstić information content (AvgIpc) is 3.49. The maximum absolute atomic E-state index is 15.5. The van der Waals surface area contributed by atoms with Gasteiger partial charge >= 0.3 is 5.69 Å². The van der Waals surface area contributed by atoms with Crippen LogP contribution in [0.15, 0.2) is 53.6 Å². The first-order chi connectivity index (χ1) is 29.6. The maximum Gasteiger partial charge on any atom is 0.329 e. The molecule has 316 valence electrons. The normalized spacial score (nSPS) is 19.5. The van der Waals surface area contributed by atoms with Crippen LogP contribution in [0.1, 0.15) is 41.3 Å². The Balaban J connectivity index is 0.714. The first kappa shape index (κ1) is 38.6. The second-order valence-electron chi connectivity index (χ2n) is 16.5. The Kier molecular flexibility index (Phi) is 9.80. The van der Waals surface area contributed by atoms with Crippen molar-refractivity contribution in [3.8, 4) is 5.88 Å². The highest BCUT2D eigenvalue weighted by Crippen LogP contribution is 2.36. The number of amides is 3. The van der Waals surface area contributed by atoms with E-state index in [1.807, 2.05) is 35.5 Å². The van der Waals surface area contributed by atoms with E-state index < -0.39 is 17.8 Å². The number of pyridine rings is 1. The van der Waals surface area contributed by atoms with Crippen LogP contribution < -0.4 is 36.2 Å². The van der Waals surface area contributed by atoms with E-state index in [0.29, 0.717) is 67.3 Å². The van der Waals surface area contributed by atoms with Gasteiger partial charge in [0.1, 0.15) is 24.2 Å². The van der Waals surface area contributed by atoms with Crippen molar-refractivity contribution in [3.05, 3.63) is 87.5 Å². The van der Waals surface area contributed by atoms with Crippen LogP contribution in [0.25, 0.3) is 11.0 Å². The number of halogens is 1. The van der Waals surface area contributed by atoms with Gasteiger partial charge in [0.05, 0.1) is 41.6 Å². The zero-order chi connectivity index (χ0) is 41.9. The SMILES string of the molecule is Cc1c(N2CCc3cnc(Nc4ccc(CC(=O)N5CCN(C6CN(c7ccc8c(c7)n(C)c(=O)n8C7CCC(=O)NC7=O)C6)CC5)c(F)c4)nc3C2)cnc2c1NCCO2. The lowest BCUT2D eigenvalue weighted by molar-refractivity contribution is -0.136. The van der Waals surface area contributed by atoms with E-state index in [1.54, 1.807) is 23.7 Å². The summed E-state index contributed by atoms with van der Waals surface area (Å²) in [4.78, 5) is 73.4. The molecule has 61 heavy (non-hydrogen) atoms. The molecule has 0 bridgehead atoms. The molecule has 17 nitrogen and oxygen atoms in total. The van der Waals surface area contributed by atoms with Crippen molar-refractivity contribution in [1.29, 1.82) is 0 Å². The number of imide groups is 1. The molecular weight excluding hydrogens is 784 g/mol. The number of piperazine rings is 1. The number of nitrogens with one attached hydrogen (secondary N) is 3. The third kappa shape index (κ3) is 7.17. The molecule has 0 saturated carbocycles. The number of carbonyl (C=O) groups excluding carboxylic acids is 3. The highest BCUT2D eigenvalue weighted by molar-refractivity contribution is 6.00. The Hall–Kier alpha value is -6.56. The van der Waals surface area contributed by atoms with Gasteiger partial charge in [0.15, 0.2) is 0 Å². The van der Waals surface area contributed by atoms with Crippen LogP contribution in [-0.4, -0.2) is 117 Å². The Morgan fingerprint density at radius 3 is 2.61 bits per heavy atom. The topological polar surface area (TPSA) is 175 Å². The van der Waals surface area contributed by atoms with Gasteiger partial charge in [0.25, 0.3) is 0 Å². The molecule has 8 heterocycles.